The van der Waals surface area contributed by atoms with Crippen molar-refractivity contribution in [3.05, 3.63) is 14.7 Å². The molecule has 19 heavy (non-hydrogen) atoms. The summed E-state index contributed by atoms with van der Waals surface area (Å²) in [6.45, 7) is 10.5. The van der Waals surface area contributed by atoms with Gasteiger partial charge in [-0.1, -0.05) is 39.4 Å². The fourth-order valence-corrected chi connectivity index (χ4v) is 2.42. The molecule has 0 aliphatic heterocycles. The Bertz CT molecular complexity index is 487. The molecular weight excluding hydrogens is 256 g/mol. The Morgan fingerprint density at radius 2 is 1.95 bits per heavy atom. The minimum Gasteiger partial charge on any atom is -0.380 e. The standard InChI is InChI=1S/C15H26N2OS.H2/c1-6-17(5)12-11(13(18)14(12)19)16-10-8-7-9-15(2,3)4;/h16H,6-10H2,1-5H3;1H. The predicted molar refractivity (Wildman–Crippen MR) is 88.8 cm³/mol. The lowest BCUT2D eigenvalue weighted by Gasteiger charge is -2.23. The summed E-state index contributed by atoms with van der Waals surface area (Å²) in [5.74, 6) is 0. The van der Waals surface area contributed by atoms with Crippen LogP contribution >= 0.6 is 12.2 Å². The zero-order valence-corrected chi connectivity index (χ0v) is 13.6. The van der Waals surface area contributed by atoms with Crippen molar-refractivity contribution < 1.29 is 1.43 Å². The summed E-state index contributed by atoms with van der Waals surface area (Å²) in [6.07, 6.45) is 3.48. The van der Waals surface area contributed by atoms with E-state index in [2.05, 4.69) is 33.0 Å². The third kappa shape index (κ3) is 4.30. The number of unbranched alkanes of at least 4 members (excludes halogenated alkanes) is 1. The van der Waals surface area contributed by atoms with Gasteiger partial charge < -0.3 is 10.2 Å². The normalized spacial score (nSPS) is 11.8. The van der Waals surface area contributed by atoms with E-state index < -0.39 is 0 Å². The van der Waals surface area contributed by atoms with E-state index in [1.807, 2.05) is 11.9 Å². The molecule has 0 radical (unpaired) electrons. The molecule has 0 fully saturated rings. The van der Waals surface area contributed by atoms with Crippen molar-refractivity contribution in [2.24, 2.45) is 5.41 Å². The first-order chi connectivity index (χ1) is 8.78. The van der Waals surface area contributed by atoms with Crippen molar-refractivity contribution in [3.8, 4) is 0 Å². The molecular formula is C15H28N2OS. The van der Waals surface area contributed by atoms with Gasteiger partial charge in [-0.25, -0.2) is 0 Å². The summed E-state index contributed by atoms with van der Waals surface area (Å²) in [7, 11) is 1.97. The quantitative estimate of drug-likeness (QED) is 0.606. The van der Waals surface area contributed by atoms with Gasteiger partial charge in [0.25, 0.3) is 0 Å². The van der Waals surface area contributed by atoms with Crippen molar-refractivity contribution >= 4 is 23.6 Å². The zero-order chi connectivity index (χ0) is 14.6. The van der Waals surface area contributed by atoms with E-state index in [1.165, 1.54) is 12.8 Å². The van der Waals surface area contributed by atoms with Crippen molar-refractivity contribution in [2.45, 2.75) is 47.0 Å². The number of nitrogens with one attached hydrogen (secondary N) is 1. The Morgan fingerprint density at radius 1 is 1.32 bits per heavy atom. The molecule has 0 unspecified atom stereocenters. The molecule has 3 nitrogen and oxygen atoms in total. The van der Waals surface area contributed by atoms with E-state index in [0.717, 1.165) is 25.2 Å². The molecule has 0 bridgehead atoms. The first kappa shape index (κ1) is 16.2. The van der Waals surface area contributed by atoms with Crippen molar-refractivity contribution in [3.63, 3.8) is 0 Å². The average molecular weight is 284 g/mol. The van der Waals surface area contributed by atoms with Crippen LogP contribution in [0.3, 0.4) is 0 Å². The van der Waals surface area contributed by atoms with Crippen molar-refractivity contribution in [1.29, 1.82) is 0 Å². The van der Waals surface area contributed by atoms with Crippen LogP contribution in [0.1, 0.15) is 48.4 Å². The monoisotopic (exact) mass is 284 g/mol. The molecule has 1 rings (SSSR count). The molecule has 0 aliphatic rings. The molecule has 0 aromatic heterocycles. The maximum atomic E-state index is 11.7. The minimum atomic E-state index is 0. The van der Waals surface area contributed by atoms with E-state index in [4.69, 9.17) is 12.2 Å². The second kappa shape index (κ2) is 6.51. The summed E-state index contributed by atoms with van der Waals surface area (Å²) in [6, 6.07) is 0. The summed E-state index contributed by atoms with van der Waals surface area (Å²) >= 11 is 5.11. The van der Waals surface area contributed by atoms with Gasteiger partial charge in [-0.05, 0) is 25.2 Å². The van der Waals surface area contributed by atoms with Crippen molar-refractivity contribution in [2.75, 3.05) is 30.4 Å². The van der Waals surface area contributed by atoms with Gasteiger partial charge in [0.1, 0.15) is 10.2 Å². The van der Waals surface area contributed by atoms with Crippen LogP contribution in [0.2, 0.25) is 0 Å². The lowest BCUT2D eigenvalue weighted by Crippen LogP contribution is -2.28. The first-order valence-corrected chi connectivity index (χ1v) is 7.47. The molecule has 110 valence electrons. The maximum Gasteiger partial charge on any atom is 0.223 e. The summed E-state index contributed by atoms with van der Waals surface area (Å²) in [5.41, 5.74) is 2.02. The third-order valence-corrected chi connectivity index (χ3v) is 3.78. The first-order valence-electron chi connectivity index (χ1n) is 7.06. The highest BCUT2D eigenvalue weighted by molar-refractivity contribution is 7.71. The van der Waals surface area contributed by atoms with E-state index in [1.54, 1.807) is 0 Å². The Morgan fingerprint density at radius 3 is 2.47 bits per heavy atom. The van der Waals surface area contributed by atoms with Gasteiger partial charge in [0.05, 0.1) is 5.69 Å². The van der Waals surface area contributed by atoms with Gasteiger partial charge in [-0.2, -0.15) is 0 Å². The molecule has 0 spiro atoms. The van der Waals surface area contributed by atoms with Gasteiger partial charge in [-0.3, -0.25) is 4.79 Å². The van der Waals surface area contributed by atoms with Crippen LogP contribution in [-0.4, -0.2) is 20.1 Å². The van der Waals surface area contributed by atoms with Crippen LogP contribution in [-0.2, 0) is 0 Å². The molecule has 0 heterocycles. The van der Waals surface area contributed by atoms with Gasteiger partial charge in [0.15, 0.2) is 0 Å². The van der Waals surface area contributed by atoms with E-state index in [9.17, 15) is 4.79 Å². The highest BCUT2D eigenvalue weighted by Crippen LogP contribution is 2.27. The second-order valence-electron chi connectivity index (χ2n) is 6.34. The van der Waals surface area contributed by atoms with Gasteiger partial charge in [0.2, 0.25) is 5.43 Å². The lowest BCUT2D eigenvalue weighted by molar-refractivity contribution is 0.362. The number of hydrogen-bond acceptors (Lipinski definition) is 4. The largest absolute Gasteiger partial charge is 0.380 e. The third-order valence-electron chi connectivity index (χ3n) is 3.40. The minimum absolute atomic E-state index is 0. The molecule has 1 aromatic rings. The number of nitrogens with zero attached hydrogens (tertiary/aromatic N) is 1. The Hall–Kier alpha value is -0.900. The lowest BCUT2D eigenvalue weighted by atomic mass is 9.90. The number of hydrogen-bond donors (Lipinski definition) is 1. The topological polar surface area (TPSA) is 32.3 Å². The van der Waals surface area contributed by atoms with Crippen molar-refractivity contribution in [1.82, 2.24) is 0 Å². The summed E-state index contributed by atoms with van der Waals surface area (Å²) in [5, 5.41) is 3.25. The van der Waals surface area contributed by atoms with Crippen LogP contribution in [0.15, 0.2) is 4.79 Å². The number of rotatable bonds is 7. The SMILES string of the molecule is CCN(C)c1c(NCCCCC(C)(C)C)c(=O)c1=S.[HH]. The highest BCUT2D eigenvalue weighted by Gasteiger charge is 2.19. The molecule has 0 aliphatic carbocycles. The molecule has 1 N–H and O–H groups in total. The fourth-order valence-electron chi connectivity index (χ4n) is 2.06. The van der Waals surface area contributed by atoms with Gasteiger partial charge in [0, 0.05) is 21.6 Å². The second-order valence-corrected chi connectivity index (χ2v) is 6.75. The van der Waals surface area contributed by atoms with Gasteiger partial charge >= 0.3 is 0 Å². The van der Waals surface area contributed by atoms with E-state index >= 15 is 0 Å². The smallest absolute Gasteiger partial charge is 0.223 e. The Balaban J connectivity index is 0.00000361. The Labute approximate surface area is 123 Å². The van der Waals surface area contributed by atoms with Crippen LogP contribution in [0.4, 0.5) is 11.4 Å². The van der Waals surface area contributed by atoms with Crippen LogP contribution < -0.4 is 15.6 Å². The summed E-state index contributed by atoms with van der Waals surface area (Å²) < 4.78 is 0.474. The zero-order valence-electron chi connectivity index (χ0n) is 12.8. The number of anilines is 2. The maximum absolute atomic E-state index is 11.7. The summed E-state index contributed by atoms with van der Waals surface area (Å²) in [4.78, 5) is 13.8. The highest BCUT2D eigenvalue weighted by atomic mass is 32.1. The van der Waals surface area contributed by atoms with E-state index in [0.29, 0.717) is 15.6 Å². The average Bonchev–Trinajstić information content (AvgIpc) is 2.34. The van der Waals surface area contributed by atoms with Crippen LogP contribution in [0.5, 0.6) is 0 Å². The fraction of sp³-hybridized carbons (Fsp3) is 0.733. The molecule has 0 saturated carbocycles. The van der Waals surface area contributed by atoms with Crippen LogP contribution in [0, 0.1) is 9.93 Å². The molecule has 0 atom stereocenters. The molecule has 0 amide bonds. The Kier molecular flexibility index (Phi) is 5.53. The molecule has 1 aromatic carbocycles. The van der Waals surface area contributed by atoms with Crippen LogP contribution in [0.25, 0.3) is 0 Å². The predicted octanol–water partition coefficient (Wildman–Crippen LogP) is 3.98. The van der Waals surface area contributed by atoms with Gasteiger partial charge in [-0.15, -0.1) is 0 Å². The van der Waals surface area contributed by atoms with E-state index in [-0.39, 0.29) is 6.86 Å². The molecule has 4 heteroatoms. The molecule has 0 saturated heterocycles.